The van der Waals surface area contributed by atoms with Crippen LogP contribution in [0.2, 0.25) is 0 Å². The molecular weight excluding hydrogens is 366 g/mol. The van der Waals surface area contributed by atoms with Crippen LogP contribution in [0.25, 0.3) is 11.1 Å². The van der Waals surface area contributed by atoms with Crippen molar-refractivity contribution < 1.29 is 4.58 Å². The highest BCUT2D eigenvalue weighted by molar-refractivity contribution is 6.17. The number of nitrogens with zero attached hydrogens (tertiary/aromatic N) is 1. The molecule has 0 atom stereocenters. The first-order valence-electron chi connectivity index (χ1n) is 10.5. The van der Waals surface area contributed by atoms with Gasteiger partial charge in [0.05, 0.1) is 5.56 Å². The molecule has 0 aromatic heterocycles. The SMILES string of the molecule is CC[N+](CC)=C1C=CC(=C(c2ccc(N)cc2)c2ccc(N)cc2)c2ccccc21. The molecular formula is C27H28N3+. The Morgan fingerprint density at radius 3 is 1.67 bits per heavy atom. The smallest absolute Gasteiger partial charge is 0.207 e. The number of anilines is 2. The summed E-state index contributed by atoms with van der Waals surface area (Å²) in [6, 6.07) is 24.9. The molecule has 0 saturated heterocycles. The Morgan fingerprint density at radius 1 is 0.667 bits per heavy atom. The van der Waals surface area contributed by atoms with Gasteiger partial charge in [0, 0.05) is 17.5 Å². The summed E-state index contributed by atoms with van der Waals surface area (Å²) in [6.45, 7) is 6.36. The lowest BCUT2D eigenvalue weighted by Gasteiger charge is -2.20. The Morgan fingerprint density at radius 2 is 1.17 bits per heavy atom. The monoisotopic (exact) mass is 394 g/mol. The van der Waals surface area contributed by atoms with Gasteiger partial charge in [-0.2, -0.15) is 0 Å². The standard InChI is InChI=1S/C27H27N3/c1-3-30(4-2)26-18-17-25(23-7-5-6-8-24(23)26)27(19-9-13-21(28)14-10-19)20-11-15-22(29)16-12-20/h5-18H,3-4H2,1-2H3,(H3,28,29)/p+1. The molecule has 0 fully saturated rings. The van der Waals surface area contributed by atoms with E-state index in [0.717, 1.165) is 35.6 Å². The van der Waals surface area contributed by atoms with E-state index in [0.29, 0.717) is 0 Å². The minimum atomic E-state index is 0.761. The van der Waals surface area contributed by atoms with Crippen LogP contribution in [0.5, 0.6) is 0 Å². The van der Waals surface area contributed by atoms with Gasteiger partial charge in [-0.25, -0.2) is 4.58 Å². The molecule has 3 heteroatoms. The second-order valence-electron chi connectivity index (χ2n) is 7.47. The lowest BCUT2D eigenvalue weighted by molar-refractivity contribution is -0.519. The summed E-state index contributed by atoms with van der Waals surface area (Å²) in [5, 5.41) is 0. The minimum Gasteiger partial charge on any atom is -0.399 e. The summed E-state index contributed by atoms with van der Waals surface area (Å²) >= 11 is 0. The van der Waals surface area contributed by atoms with Gasteiger partial charge in [-0.3, -0.25) is 0 Å². The zero-order chi connectivity index (χ0) is 21.1. The largest absolute Gasteiger partial charge is 0.399 e. The Kier molecular flexibility index (Phi) is 5.53. The number of nitrogens with two attached hydrogens (primary N) is 2. The van der Waals surface area contributed by atoms with Gasteiger partial charge in [-0.05, 0) is 78.1 Å². The number of allylic oxidation sites excluding steroid dienone is 3. The van der Waals surface area contributed by atoms with Crippen LogP contribution >= 0.6 is 0 Å². The van der Waals surface area contributed by atoms with Gasteiger partial charge in [0.15, 0.2) is 0 Å². The second-order valence-corrected chi connectivity index (χ2v) is 7.47. The number of hydrogen-bond acceptors (Lipinski definition) is 2. The highest BCUT2D eigenvalue weighted by Crippen LogP contribution is 2.37. The molecule has 0 heterocycles. The Bertz CT molecular complexity index is 1090. The molecule has 150 valence electrons. The second kappa shape index (κ2) is 8.42. The summed E-state index contributed by atoms with van der Waals surface area (Å²) < 4.78 is 2.40. The third-order valence-electron chi connectivity index (χ3n) is 5.67. The van der Waals surface area contributed by atoms with E-state index in [1.165, 1.54) is 28.0 Å². The van der Waals surface area contributed by atoms with Crippen LogP contribution in [0.4, 0.5) is 11.4 Å². The maximum atomic E-state index is 5.97. The van der Waals surface area contributed by atoms with Crippen molar-refractivity contribution in [2.75, 3.05) is 24.6 Å². The molecule has 1 aliphatic rings. The van der Waals surface area contributed by atoms with Crippen LogP contribution in [0.1, 0.15) is 36.1 Å². The first-order chi connectivity index (χ1) is 14.6. The van der Waals surface area contributed by atoms with Crippen molar-refractivity contribution >= 4 is 28.2 Å². The number of nitrogen functional groups attached to an aromatic ring is 2. The fraction of sp³-hybridized carbons (Fsp3) is 0.148. The van der Waals surface area contributed by atoms with Crippen LogP contribution < -0.4 is 11.5 Å². The topological polar surface area (TPSA) is 55.0 Å². The lowest BCUT2D eigenvalue weighted by Crippen LogP contribution is -2.23. The number of hydrogen-bond donors (Lipinski definition) is 2. The van der Waals surface area contributed by atoms with Gasteiger partial charge in [0.2, 0.25) is 5.71 Å². The first kappa shape index (κ1) is 19.7. The average Bonchev–Trinajstić information content (AvgIpc) is 2.78. The van der Waals surface area contributed by atoms with Gasteiger partial charge < -0.3 is 11.5 Å². The van der Waals surface area contributed by atoms with E-state index in [4.69, 9.17) is 11.5 Å². The Hall–Kier alpha value is -3.59. The molecule has 0 unspecified atom stereocenters. The van der Waals surface area contributed by atoms with Crippen LogP contribution in [0, 0.1) is 0 Å². The highest BCUT2D eigenvalue weighted by atomic mass is 15.0. The molecule has 4 N–H and O–H groups in total. The molecule has 30 heavy (non-hydrogen) atoms. The van der Waals surface area contributed by atoms with E-state index in [1.54, 1.807) is 0 Å². The van der Waals surface area contributed by atoms with E-state index in [-0.39, 0.29) is 0 Å². The van der Waals surface area contributed by atoms with Crippen molar-refractivity contribution in [1.82, 2.24) is 0 Å². The molecule has 3 aromatic rings. The van der Waals surface area contributed by atoms with Crippen LogP contribution in [0.15, 0.2) is 84.9 Å². The van der Waals surface area contributed by atoms with E-state index >= 15 is 0 Å². The number of benzene rings is 3. The quantitative estimate of drug-likeness (QED) is 0.471. The molecule has 4 rings (SSSR count). The van der Waals surface area contributed by atoms with E-state index in [9.17, 15) is 0 Å². The first-order valence-corrected chi connectivity index (χ1v) is 10.5. The predicted octanol–water partition coefficient (Wildman–Crippen LogP) is 5.22. The molecule has 0 amide bonds. The molecule has 0 bridgehead atoms. The molecule has 0 saturated carbocycles. The van der Waals surface area contributed by atoms with Gasteiger partial charge in [-0.15, -0.1) is 0 Å². The van der Waals surface area contributed by atoms with Gasteiger partial charge >= 0.3 is 0 Å². The van der Waals surface area contributed by atoms with Crippen LogP contribution in [0.3, 0.4) is 0 Å². The zero-order valence-electron chi connectivity index (χ0n) is 17.6. The summed E-state index contributed by atoms with van der Waals surface area (Å²) in [5.74, 6) is 0. The summed E-state index contributed by atoms with van der Waals surface area (Å²) in [4.78, 5) is 0. The maximum absolute atomic E-state index is 5.97. The Labute approximate surface area is 178 Å². The van der Waals surface area contributed by atoms with Gasteiger partial charge in [0.1, 0.15) is 13.1 Å². The Balaban J connectivity index is 2.03. The predicted molar refractivity (Wildman–Crippen MR) is 129 cm³/mol. The van der Waals surface area contributed by atoms with Crippen LogP contribution in [-0.4, -0.2) is 23.4 Å². The van der Waals surface area contributed by atoms with Crippen molar-refractivity contribution in [2.24, 2.45) is 0 Å². The molecule has 3 aromatic carbocycles. The van der Waals surface area contributed by atoms with E-state index in [1.807, 2.05) is 24.3 Å². The average molecular weight is 395 g/mol. The molecule has 3 nitrogen and oxygen atoms in total. The minimum absolute atomic E-state index is 0.761. The van der Waals surface area contributed by atoms with Gasteiger partial charge in [0.25, 0.3) is 0 Å². The zero-order valence-corrected chi connectivity index (χ0v) is 17.6. The molecule has 0 aliphatic heterocycles. The van der Waals surface area contributed by atoms with Crippen molar-refractivity contribution in [3.63, 3.8) is 0 Å². The summed E-state index contributed by atoms with van der Waals surface area (Å²) in [6.07, 6.45) is 4.50. The molecule has 0 spiro atoms. The summed E-state index contributed by atoms with van der Waals surface area (Å²) in [7, 11) is 0. The normalized spacial score (nSPS) is 12.6. The fourth-order valence-corrected chi connectivity index (χ4v) is 4.12. The van der Waals surface area contributed by atoms with Crippen molar-refractivity contribution in [1.29, 1.82) is 0 Å². The van der Waals surface area contributed by atoms with Gasteiger partial charge in [-0.1, -0.05) is 42.5 Å². The number of rotatable bonds is 4. The third-order valence-corrected chi connectivity index (χ3v) is 5.67. The molecule has 1 aliphatic carbocycles. The van der Waals surface area contributed by atoms with Crippen molar-refractivity contribution in [3.8, 4) is 0 Å². The molecule has 0 radical (unpaired) electrons. The van der Waals surface area contributed by atoms with E-state index in [2.05, 4.69) is 79.1 Å². The van der Waals surface area contributed by atoms with Crippen molar-refractivity contribution in [2.45, 2.75) is 13.8 Å². The van der Waals surface area contributed by atoms with Crippen LogP contribution in [-0.2, 0) is 0 Å². The fourth-order valence-electron chi connectivity index (χ4n) is 4.12. The maximum Gasteiger partial charge on any atom is 0.207 e. The van der Waals surface area contributed by atoms with Crippen molar-refractivity contribution in [3.05, 3.63) is 107 Å². The third kappa shape index (κ3) is 3.67. The summed E-state index contributed by atoms with van der Waals surface area (Å²) in [5.41, 5.74) is 21.9. The van der Waals surface area contributed by atoms with E-state index < -0.39 is 0 Å². The highest BCUT2D eigenvalue weighted by Gasteiger charge is 2.24. The lowest BCUT2D eigenvalue weighted by atomic mass is 9.83. The number of fused-ring (bicyclic) bond motifs is 1.